The third-order valence-corrected chi connectivity index (χ3v) is 4.67. The number of aromatic amines is 1. The van der Waals surface area contributed by atoms with Crippen LogP contribution in [0.1, 0.15) is 18.4 Å². The van der Waals surface area contributed by atoms with Crippen LogP contribution in [0.4, 0.5) is 5.82 Å². The van der Waals surface area contributed by atoms with Crippen molar-refractivity contribution >= 4 is 5.82 Å². The lowest BCUT2D eigenvalue weighted by Gasteiger charge is -2.33. The number of aromatic nitrogens is 4. The van der Waals surface area contributed by atoms with Crippen molar-refractivity contribution in [2.24, 2.45) is 0 Å². The van der Waals surface area contributed by atoms with Crippen LogP contribution in [0.15, 0.2) is 54.9 Å². The Labute approximate surface area is 147 Å². The van der Waals surface area contributed by atoms with E-state index in [0.29, 0.717) is 6.04 Å². The SMILES string of the molecule is c1ccc(-c2[nH]ncc2CN[C@@H]2CCCN(c3cccnn3)C2)cc1. The minimum absolute atomic E-state index is 0.439. The van der Waals surface area contributed by atoms with Gasteiger partial charge in [-0.1, -0.05) is 30.3 Å². The molecule has 6 heteroatoms. The van der Waals surface area contributed by atoms with E-state index in [2.05, 4.69) is 42.7 Å². The van der Waals surface area contributed by atoms with Gasteiger partial charge in [0.1, 0.15) is 0 Å². The summed E-state index contributed by atoms with van der Waals surface area (Å²) in [5.41, 5.74) is 3.46. The maximum atomic E-state index is 4.23. The third kappa shape index (κ3) is 3.69. The molecule has 2 aromatic heterocycles. The maximum absolute atomic E-state index is 4.23. The van der Waals surface area contributed by atoms with E-state index in [-0.39, 0.29) is 0 Å². The van der Waals surface area contributed by atoms with E-state index in [0.717, 1.165) is 37.6 Å². The summed E-state index contributed by atoms with van der Waals surface area (Å²) >= 11 is 0. The summed E-state index contributed by atoms with van der Waals surface area (Å²) in [6, 6.07) is 14.7. The molecular weight excluding hydrogens is 312 g/mol. The van der Waals surface area contributed by atoms with Crippen LogP contribution in [0.5, 0.6) is 0 Å². The summed E-state index contributed by atoms with van der Waals surface area (Å²) in [7, 11) is 0. The van der Waals surface area contributed by atoms with Gasteiger partial charge in [0.2, 0.25) is 0 Å². The number of hydrogen-bond donors (Lipinski definition) is 2. The van der Waals surface area contributed by atoms with Crippen LogP contribution in [0.25, 0.3) is 11.3 Å². The van der Waals surface area contributed by atoms with Crippen molar-refractivity contribution in [1.82, 2.24) is 25.7 Å². The molecule has 1 fully saturated rings. The second kappa shape index (κ2) is 7.44. The Bertz CT molecular complexity index is 786. The quantitative estimate of drug-likeness (QED) is 0.751. The first-order chi connectivity index (χ1) is 12.4. The Hall–Kier alpha value is -2.73. The van der Waals surface area contributed by atoms with Crippen LogP contribution in [0, 0.1) is 0 Å². The fraction of sp³-hybridized carbons (Fsp3) is 0.316. The Kier molecular flexibility index (Phi) is 4.70. The van der Waals surface area contributed by atoms with E-state index < -0.39 is 0 Å². The molecule has 2 N–H and O–H groups in total. The number of hydrogen-bond acceptors (Lipinski definition) is 5. The summed E-state index contributed by atoms with van der Waals surface area (Å²) in [5, 5.41) is 19.3. The highest BCUT2D eigenvalue weighted by Crippen LogP contribution is 2.21. The predicted molar refractivity (Wildman–Crippen MR) is 98.1 cm³/mol. The van der Waals surface area contributed by atoms with Gasteiger partial charge in [-0.2, -0.15) is 10.2 Å². The van der Waals surface area contributed by atoms with Crippen molar-refractivity contribution in [3.63, 3.8) is 0 Å². The first-order valence-corrected chi connectivity index (χ1v) is 8.74. The van der Waals surface area contributed by atoms with Crippen molar-refractivity contribution in [3.8, 4) is 11.3 Å². The van der Waals surface area contributed by atoms with E-state index in [1.165, 1.54) is 17.5 Å². The summed E-state index contributed by atoms with van der Waals surface area (Å²) < 4.78 is 0. The first-order valence-electron chi connectivity index (χ1n) is 8.74. The lowest BCUT2D eigenvalue weighted by molar-refractivity contribution is 0.419. The molecule has 128 valence electrons. The summed E-state index contributed by atoms with van der Waals surface area (Å²) in [6.45, 7) is 2.80. The number of anilines is 1. The highest BCUT2D eigenvalue weighted by Gasteiger charge is 2.21. The molecule has 3 aromatic rings. The van der Waals surface area contributed by atoms with Gasteiger partial charge in [-0.25, -0.2) is 0 Å². The van der Waals surface area contributed by atoms with Crippen molar-refractivity contribution in [1.29, 1.82) is 0 Å². The lowest BCUT2D eigenvalue weighted by atomic mass is 10.0. The molecule has 6 nitrogen and oxygen atoms in total. The molecule has 0 amide bonds. The Morgan fingerprint density at radius 3 is 2.92 bits per heavy atom. The van der Waals surface area contributed by atoms with Crippen LogP contribution < -0.4 is 10.2 Å². The molecule has 1 aliphatic rings. The Morgan fingerprint density at radius 1 is 1.16 bits per heavy atom. The molecule has 0 radical (unpaired) electrons. The van der Waals surface area contributed by atoms with Crippen molar-refractivity contribution in [3.05, 3.63) is 60.4 Å². The number of benzene rings is 1. The predicted octanol–water partition coefficient (Wildman–Crippen LogP) is 2.63. The fourth-order valence-corrected chi connectivity index (χ4v) is 3.37. The van der Waals surface area contributed by atoms with E-state index >= 15 is 0 Å². The smallest absolute Gasteiger partial charge is 0.151 e. The van der Waals surface area contributed by atoms with Gasteiger partial charge in [-0.3, -0.25) is 5.10 Å². The molecule has 0 bridgehead atoms. The number of H-pyrrole nitrogens is 1. The Morgan fingerprint density at radius 2 is 2.08 bits per heavy atom. The zero-order valence-electron chi connectivity index (χ0n) is 14.1. The topological polar surface area (TPSA) is 69.7 Å². The molecule has 3 heterocycles. The zero-order chi connectivity index (χ0) is 16.9. The van der Waals surface area contributed by atoms with Gasteiger partial charge < -0.3 is 10.2 Å². The minimum Gasteiger partial charge on any atom is -0.354 e. The third-order valence-electron chi connectivity index (χ3n) is 4.67. The zero-order valence-corrected chi connectivity index (χ0v) is 14.1. The maximum Gasteiger partial charge on any atom is 0.151 e. The largest absolute Gasteiger partial charge is 0.354 e. The van der Waals surface area contributed by atoms with E-state index in [1.807, 2.05) is 36.5 Å². The highest BCUT2D eigenvalue weighted by molar-refractivity contribution is 5.62. The molecule has 1 aromatic carbocycles. The standard InChI is InChI=1S/C19H22N6/c1-2-6-15(7-3-1)19-16(13-22-24-19)12-20-17-8-5-11-25(14-17)18-9-4-10-21-23-18/h1-4,6-7,9-10,13,17,20H,5,8,11-12,14H2,(H,22,24)/t17-/m1/s1. The van der Waals surface area contributed by atoms with E-state index in [1.54, 1.807) is 6.20 Å². The molecule has 0 spiro atoms. The van der Waals surface area contributed by atoms with E-state index in [9.17, 15) is 0 Å². The minimum atomic E-state index is 0.439. The Balaban J connectivity index is 1.40. The fourth-order valence-electron chi connectivity index (χ4n) is 3.37. The first kappa shape index (κ1) is 15.8. The summed E-state index contributed by atoms with van der Waals surface area (Å²) in [4.78, 5) is 2.31. The van der Waals surface area contributed by atoms with Gasteiger partial charge in [-0.05, 0) is 30.5 Å². The normalized spacial score (nSPS) is 17.6. The average Bonchev–Trinajstić information content (AvgIpc) is 3.17. The number of nitrogens with one attached hydrogen (secondary N) is 2. The molecule has 1 atom stereocenters. The number of rotatable bonds is 5. The van der Waals surface area contributed by atoms with Gasteiger partial charge >= 0.3 is 0 Å². The molecule has 1 saturated heterocycles. The molecule has 0 saturated carbocycles. The molecule has 25 heavy (non-hydrogen) atoms. The van der Waals surface area contributed by atoms with Crippen molar-refractivity contribution < 1.29 is 0 Å². The molecular formula is C19H22N6. The van der Waals surface area contributed by atoms with Crippen LogP contribution in [-0.4, -0.2) is 39.5 Å². The lowest BCUT2D eigenvalue weighted by Crippen LogP contribution is -2.45. The van der Waals surface area contributed by atoms with Gasteiger partial charge in [0.05, 0.1) is 11.9 Å². The van der Waals surface area contributed by atoms with E-state index in [4.69, 9.17) is 0 Å². The molecule has 0 aliphatic carbocycles. The van der Waals surface area contributed by atoms with Gasteiger partial charge in [0, 0.05) is 37.4 Å². The van der Waals surface area contributed by atoms with Crippen LogP contribution >= 0.6 is 0 Å². The summed E-state index contributed by atoms with van der Waals surface area (Å²) in [6.07, 6.45) is 5.96. The highest BCUT2D eigenvalue weighted by atomic mass is 15.3. The van der Waals surface area contributed by atoms with Gasteiger partial charge in [0.15, 0.2) is 5.82 Å². The van der Waals surface area contributed by atoms with Gasteiger partial charge in [0.25, 0.3) is 0 Å². The van der Waals surface area contributed by atoms with Crippen LogP contribution in [0.3, 0.4) is 0 Å². The molecule has 0 unspecified atom stereocenters. The van der Waals surface area contributed by atoms with Crippen LogP contribution in [-0.2, 0) is 6.54 Å². The number of nitrogens with zero attached hydrogens (tertiary/aromatic N) is 4. The van der Waals surface area contributed by atoms with Crippen LogP contribution in [0.2, 0.25) is 0 Å². The average molecular weight is 334 g/mol. The monoisotopic (exact) mass is 334 g/mol. The molecule has 4 rings (SSSR count). The summed E-state index contributed by atoms with van der Waals surface area (Å²) in [5.74, 6) is 0.960. The van der Waals surface area contributed by atoms with Crippen molar-refractivity contribution in [2.75, 3.05) is 18.0 Å². The van der Waals surface area contributed by atoms with Gasteiger partial charge in [-0.15, -0.1) is 5.10 Å². The second-order valence-corrected chi connectivity index (χ2v) is 6.38. The number of piperidine rings is 1. The van der Waals surface area contributed by atoms with Crippen molar-refractivity contribution in [2.45, 2.75) is 25.4 Å². The molecule has 1 aliphatic heterocycles. The second-order valence-electron chi connectivity index (χ2n) is 6.38.